The summed E-state index contributed by atoms with van der Waals surface area (Å²) in [4.78, 5) is 0. The lowest BCUT2D eigenvalue weighted by molar-refractivity contribution is 0.469. The van der Waals surface area contributed by atoms with Crippen molar-refractivity contribution >= 4 is 0 Å². The van der Waals surface area contributed by atoms with Gasteiger partial charge >= 0.3 is 0 Å². The first-order valence-corrected chi connectivity index (χ1v) is 7.87. The SMILES string of the molecule is CC.Cc1ccc(Oc2ccc(Oc3ccccc3)cc2)cc1. The van der Waals surface area contributed by atoms with Crippen LogP contribution in [0.15, 0.2) is 78.9 Å². The second-order valence-corrected chi connectivity index (χ2v) is 4.80. The zero-order valence-electron chi connectivity index (χ0n) is 13.8. The molecule has 0 aliphatic carbocycles. The highest BCUT2D eigenvalue weighted by atomic mass is 16.5. The van der Waals surface area contributed by atoms with E-state index in [2.05, 4.69) is 6.92 Å². The van der Waals surface area contributed by atoms with Crippen molar-refractivity contribution in [2.24, 2.45) is 0 Å². The second-order valence-electron chi connectivity index (χ2n) is 4.80. The van der Waals surface area contributed by atoms with Crippen molar-refractivity contribution < 1.29 is 9.47 Å². The third kappa shape index (κ3) is 5.19. The van der Waals surface area contributed by atoms with Gasteiger partial charge < -0.3 is 9.47 Å². The van der Waals surface area contributed by atoms with Crippen LogP contribution in [0.5, 0.6) is 23.0 Å². The number of rotatable bonds is 4. The molecule has 3 rings (SSSR count). The van der Waals surface area contributed by atoms with Crippen LogP contribution in [0.2, 0.25) is 0 Å². The van der Waals surface area contributed by atoms with E-state index in [0.29, 0.717) is 0 Å². The normalized spacial score (nSPS) is 9.52. The van der Waals surface area contributed by atoms with Crippen LogP contribution in [0.4, 0.5) is 0 Å². The van der Waals surface area contributed by atoms with E-state index in [9.17, 15) is 0 Å². The molecular weight excluding hydrogens is 284 g/mol. The van der Waals surface area contributed by atoms with Crippen molar-refractivity contribution in [1.82, 2.24) is 0 Å². The van der Waals surface area contributed by atoms with Crippen LogP contribution in [0.3, 0.4) is 0 Å². The van der Waals surface area contributed by atoms with Crippen LogP contribution < -0.4 is 9.47 Å². The highest BCUT2D eigenvalue weighted by molar-refractivity contribution is 5.38. The monoisotopic (exact) mass is 306 g/mol. The first-order chi connectivity index (χ1) is 11.3. The molecule has 3 aromatic rings. The molecule has 2 heteroatoms. The Labute approximate surface area is 138 Å². The molecule has 0 bridgehead atoms. The predicted octanol–water partition coefficient (Wildman–Crippen LogP) is 6.61. The zero-order valence-corrected chi connectivity index (χ0v) is 13.8. The Morgan fingerprint density at radius 2 is 0.826 bits per heavy atom. The molecule has 0 amide bonds. The summed E-state index contributed by atoms with van der Waals surface area (Å²) < 4.78 is 11.5. The van der Waals surface area contributed by atoms with E-state index in [0.717, 1.165) is 23.0 Å². The average Bonchev–Trinajstić information content (AvgIpc) is 2.61. The molecule has 3 aromatic carbocycles. The zero-order chi connectivity index (χ0) is 16.5. The number of hydrogen-bond donors (Lipinski definition) is 0. The molecule has 0 atom stereocenters. The summed E-state index contributed by atoms with van der Waals surface area (Å²) in [5.41, 5.74) is 1.22. The maximum Gasteiger partial charge on any atom is 0.127 e. The highest BCUT2D eigenvalue weighted by Gasteiger charge is 1.99. The Morgan fingerprint density at radius 1 is 0.478 bits per heavy atom. The summed E-state index contributed by atoms with van der Waals surface area (Å²) in [5, 5.41) is 0. The van der Waals surface area contributed by atoms with E-state index in [4.69, 9.17) is 9.47 Å². The molecular formula is C21H22O2. The quantitative estimate of drug-likeness (QED) is 0.540. The van der Waals surface area contributed by atoms with Crippen molar-refractivity contribution in [2.45, 2.75) is 20.8 Å². The third-order valence-electron chi connectivity index (χ3n) is 3.06. The summed E-state index contributed by atoms with van der Waals surface area (Å²) in [6.45, 7) is 6.06. The number of benzene rings is 3. The van der Waals surface area contributed by atoms with E-state index >= 15 is 0 Å². The van der Waals surface area contributed by atoms with E-state index in [1.807, 2.05) is 92.7 Å². The molecule has 0 fully saturated rings. The fourth-order valence-electron chi connectivity index (χ4n) is 1.94. The summed E-state index contributed by atoms with van der Waals surface area (Å²) in [6.07, 6.45) is 0. The second kappa shape index (κ2) is 8.64. The molecule has 0 aromatic heterocycles. The molecule has 0 spiro atoms. The van der Waals surface area contributed by atoms with Crippen LogP contribution in [0, 0.1) is 6.92 Å². The lowest BCUT2D eigenvalue weighted by atomic mass is 10.2. The Morgan fingerprint density at radius 3 is 1.26 bits per heavy atom. The Kier molecular flexibility index (Phi) is 6.25. The lowest BCUT2D eigenvalue weighted by Gasteiger charge is -2.08. The smallest absolute Gasteiger partial charge is 0.127 e. The van der Waals surface area contributed by atoms with Gasteiger partial charge in [0.25, 0.3) is 0 Å². The van der Waals surface area contributed by atoms with Crippen molar-refractivity contribution in [1.29, 1.82) is 0 Å². The highest BCUT2D eigenvalue weighted by Crippen LogP contribution is 2.26. The van der Waals surface area contributed by atoms with Crippen LogP contribution >= 0.6 is 0 Å². The van der Waals surface area contributed by atoms with Crippen molar-refractivity contribution in [3.05, 3.63) is 84.4 Å². The first kappa shape index (κ1) is 16.6. The summed E-state index contributed by atoms with van der Waals surface area (Å²) in [6, 6.07) is 25.3. The van der Waals surface area contributed by atoms with Gasteiger partial charge in [0, 0.05) is 0 Å². The molecule has 0 aliphatic rings. The average molecular weight is 306 g/mol. The van der Waals surface area contributed by atoms with Gasteiger partial charge in [-0.1, -0.05) is 49.7 Å². The van der Waals surface area contributed by atoms with Gasteiger partial charge in [-0.3, -0.25) is 0 Å². The largest absolute Gasteiger partial charge is 0.457 e. The van der Waals surface area contributed by atoms with E-state index < -0.39 is 0 Å². The Hall–Kier alpha value is -2.74. The maximum atomic E-state index is 5.78. The van der Waals surface area contributed by atoms with Gasteiger partial charge in [-0.2, -0.15) is 0 Å². The topological polar surface area (TPSA) is 18.5 Å². The lowest BCUT2D eigenvalue weighted by Crippen LogP contribution is -1.86. The molecule has 0 heterocycles. The minimum absolute atomic E-state index is 0.789. The molecule has 0 saturated heterocycles. The van der Waals surface area contributed by atoms with Crippen LogP contribution in [-0.2, 0) is 0 Å². The van der Waals surface area contributed by atoms with Gasteiger partial charge in [0.15, 0.2) is 0 Å². The number of ether oxygens (including phenoxy) is 2. The molecule has 118 valence electrons. The van der Waals surface area contributed by atoms with E-state index in [1.165, 1.54) is 5.56 Å². The van der Waals surface area contributed by atoms with Gasteiger partial charge in [0.1, 0.15) is 23.0 Å². The molecule has 0 N–H and O–H groups in total. The molecule has 23 heavy (non-hydrogen) atoms. The number of hydrogen-bond acceptors (Lipinski definition) is 2. The summed E-state index contributed by atoms with van der Waals surface area (Å²) >= 11 is 0. The van der Waals surface area contributed by atoms with Gasteiger partial charge in [0.2, 0.25) is 0 Å². The minimum Gasteiger partial charge on any atom is -0.457 e. The molecule has 0 radical (unpaired) electrons. The standard InChI is InChI=1S/C19H16O2.C2H6/c1-15-7-9-17(10-8-15)21-19-13-11-18(12-14-19)20-16-5-3-2-4-6-16;1-2/h2-14H,1H3;1-2H3. The fourth-order valence-corrected chi connectivity index (χ4v) is 1.94. The van der Waals surface area contributed by atoms with Crippen molar-refractivity contribution in [2.75, 3.05) is 0 Å². The van der Waals surface area contributed by atoms with Crippen LogP contribution in [0.25, 0.3) is 0 Å². The third-order valence-corrected chi connectivity index (χ3v) is 3.06. The fraction of sp³-hybridized carbons (Fsp3) is 0.143. The Balaban J connectivity index is 0.000000924. The van der Waals surface area contributed by atoms with E-state index in [1.54, 1.807) is 0 Å². The van der Waals surface area contributed by atoms with Crippen LogP contribution in [-0.4, -0.2) is 0 Å². The van der Waals surface area contributed by atoms with Crippen molar-refractivity contribution in [3.63, 3.8) is 0 Å². The summed E-state index contributed by atoms with van der Waals surface area (Å²) in [7, 11) is 0. The number of aryl methyl sites for hydroxylation is 1. The van der Waals surface area contributed by atoms with Crippen molar-refractivity contribution in [3.8, 4) is 23.0 Å². The minimum atomic E-state index is 0.789. The van der Waals surface area contributed by atoms with Gasteiger partial charge in [-0.15, -0.1) is 0 Å². The number of para-hydroxylation sites is 1. The maximum absolute atomic E-state index is 5.78. The van der Waals surface area contributed by atoms with Gasteiger partial charge in [0.05, 0.1) is 0 Å². The van der Waals surface area contributed by atoms with Gasteiger partial charge in [-0.25, -0.2) is 0 Å². The van der Waals surface area contributed by atoms with Gasteiger partial charge in [-0.05, 0) is 55.5 Å². The molecule has 0 aliphatic heterocycles. The predicted molar refractivity (Wildman–Crippen MR) is 95.6 cm³/mol. The molecule has 0 unspecified atom stereocenters. The first-order valence-electron chi connectivity index (χ1n) is 7.87. The molecule has 2 nitrogen and oxygen atoms in total. The summed E-state index contributed by atoms with van der Waals surface area (Å²) in [5.74, 6) is 3.23. The Bertz CT molecular complexity index is 686. The molecule has 0 saturated carbocycles. The van der Waals surface area contributed by atoms with E-state index in [-0.39, 0.29) is 0 Å². The van der Waals surface area contributed by atoms with Crippen LogP contribution in [0.1, 0.15) is 19.4 Å².